The number of sulfonamides is 1. The molecule has 3 aromatic carbocycles. The van der Waals surface area contributed by atoms with Crippen LogP contribution in [0, 0.1) is 24.7 Å². The zero-order chi connectivity index (χ0) is 32.5. The molecule has 46 heavy (non-hydrogen) atoms. The number of hydrogen-bond donors (Lipinski definition) is 1. The molecular weight excluding hydrogens is 595 g/mol. The number of nitrogens with one attached hydrogen (secondary N) is 1. The highest BCUT2D eigenvalue weighted by molar-refractivity contribution is 7.92. The number of rotatable bonds is 12. The molecule has 0 spiro atoms. The van der Waals surface area contributed by atoms with Crippen LogP contribution in [0.1, 0.15) is 67.7 Å². The van der Waals surface area contributed by atoms with Gasteiger partial charge in [-0.2, -0.15) is 0 Å². The van der Waals surface area contributed by atoms with Crippen LogP contribution in [0.15, 0.2) is 78.9 Å². The molecule has 0 radical (unpaired) electrons. The molecule has 0 aromatic heterocycles. The molecule has 1 atom stereocenters. The lowest BCUT2D eigenvalue weighted by Gasteiger charge is -2.57. The van der Waals surface area contributed by atoms with Gasteiger partial charge in [-0.1, -0.05) is 72.3 Å². The third-order valence-corrected chi connectivity index (χ3v) is 11.7. The lowest BCUT2D eigenvalue weighted by Crippen LogP contribution is -2.53. The smallest absolute Gasteiger partial charge is 0.244 e. The van der Waals surface area contributed by atoms with Crippen LogP contribution in [0.4, 0.5) is 5.69 Å². The molecule has 0 heterocycles. The Morgan fingerprint density at radius 2 is 1.43 bits per heavy atom. The Balaban J connectivity index is 1.29. The second-order valence-corrected chi connectivity index (χ2v) is 16.0. The first-order valence-electron chi connectivity index (χ1n) is 16.8. The van der Waals surface area contributed by atoms with Crippen LogP contribution in [-0.4, -0.2) is 50.5 Å². The van der Waals surface area contributed by atoms with E-state index >= 15 is 0 Å². The van der Waals surface area contributed by atoms with E-state index in [-0.39, 0.29) is 17.9 Å². The third kappa shape index (κ3) is 7.02. The SMILES string of the molecule is CCNC(=O)[C@@H](Cc1ccccc1)N(Cc1ccc(C)cc1)C(=O)CN(c1ccc(C23CC4CC(CC(C4)C2)C3)cc1)S(C)(=O)=O. The van der Waals surface area contributed by atoms with Crippen molar-refractivity contribution in [1.82, 2.24) is 10.2 Å². The summed E-state index contributed by atoms with van der Waals surface area (Å²) >= 11 is 0. The Bertz CT molecular complexity index is 1600. The Kier molecular flexibility index (Phi) is 9.28. The topological polar surface area (TPSA) is 86.8 Å². The fourth-order valence-electron chi connectivity index (χ4n) is 8.80. The third-order valence-electron chi connectivity index (χ3n) is 10.6. The second-order valence-electron chi connectivity index (χ2n) is 14.1. The van der Waals surface area contributed by atoms with E-state index in [9.17, 15) is 18.0 Å². The van der Waals surface area contributed by atoms with Gasteiger partial charge in [-0.3, -0.25) is 13.9 Å². The number of likely N-dealkylation sites (N-methyl/N-ethyl adjacent to an activating group) is 1. The monoisotopic (exact) mass is 641 g/mol. The molecule has 7 rings (SSSR count). The second kappa shape index (κ2) is 13.2. The first-order chi connectivity index (χ1) is 22.0. The van der Waals surface area contributed by atoms with E-state index in [1.54, 1.807) is 4.90 Å². The molecule has 4 bridgehead atoms. The lowest BCUT2D eigenvalue weighted by atomic mass is 9.48. The van der Waals surface area contributed by atoms with Gasteiger partial charge >= 0.3 is 0 Å². The molecule has 244 valence electrons. The Morgan fingerprint density at radius 3 is 1.98 bits per heavy atom. The molecule has 4 fully saturated rings. The molecule has 7 nitrogen and oxygen atoms in total. The minimum absolute atomic E-state index is 0.177. The number of anilines is 1. The van der Waals surface area contributed by atoms with E-state index in [4.69, 9.17) is 0 Å². The van der Waals surface area contributed by atoms with Gasteiger partial charge in [-0.05, 0) is 104 Å². The number of aryl methyl sites for hydroxylation is 1. The summed E-state index contributed by atoms with van der Waals surface area (Å²) in [5, 5.41) is 2.91. The molecule has 8 heteroatoms. The summed E-state index contributed by atoms with van der Waals surface area (Å²) in [6.45, 7) is 4.05. The Morgan fingerprint density at radius 1 is 0.848 bits per heavy atom. The van der Waals surface area contributed by atoms with Crippen LogP contribution >= 0.6 is 0 Å². The fraction of sp³-hybridized carbons (Fsp3) is 0.474. The first-order valence-corrected chi connectivity index (χ1v) is 18.6. The average Bonchev–Trinajstić information content (AvgIpc) is 3.02. The van der Waals surface area contributed by atoms with E-state index in [0.717, 1.165) is 40.7 Å². The van der Waals surface area contributed by atoms with Gasteiger partial charge in [0, 0.05) is 19.5 Å². The molecule has 1 N–H and O–H groups in total. The van der Waals surface area contributed by atoms with Gasteiger partial charge < -0.3 is 10.2 Å². The summed E-state index contributed by atoms with van der Waals surface area (Å²) in [5.74, 6) is 1.74. The molecule has 0 saturated heterocycles. The van der Waals surface area contributed by atoms with Crippen LogP contribution in [0.3, 0.4) is 0 Å². The fourth-order valence-corrected chi connectivity index (χ4v) is 9.64. The average molecular weight is 642 g/mol. The van der Waals surface area contributed by atoms with Crippen LogP contribution in [0.5, 0.6) is 0 Å². The van der Waals surface area contributed by atoms with Crippen LogP contribution in [-0.2, 0) is 38.0 Å². The summed E-state index contributed by atoms with van der Waals surface area (Å²) in [6.07, 6.45) is 9.22. The maximum Gasteiger partial charge on any atom is 0.244 e. The zero-order valence-corrected chi connectivity index (χ0v) is 28.1. The van der Waals surface area contributed by atoms with Gasteiger partial charge in [0.15, 0.2) is 0 Å². The molecule has 4 aliphatic rings. The van der Waals surface area contributed by atoms with E-state index in [0.29, 0.717) is 18.7 Å². The zero-order valence-electron chi connectivity index (χ0n) is 27.3. The number of hydrogen-bond acceptors (Lipinski definition) is 4. The van der Waals surface area contributed by atoms with Crippen molar-refractivity contribution in [3.63, 3.8) is 0 Å². The van der Waals surface area contributed by atoms with E-state index in [1.165, 1.54) is 48.4 Å². The van der Waals surface area contributed by atoms with E-state index in [2.05, 4.69) is 17.4 Å². The van der Waals surface area contributed by atoms with Crippen molar-refractivity contribution >= 4 is 27.5 Å². The van der Waals surface area contributed by atoms with Crippen molar-refractivity contribution in [2.75, 3.05) is 23.7 Å². The normalized spacial score (nSPS) is 23.9. The number of benzene rings is 3. The predicted octanol–water partition coefficient (Wildman–Crippen LogP) is 6.01. The standard InChI is InChI=1S/C38H47N3O4S/c1-4-39-37(43)35(21-28-8-6-5-7-9-28)40(25-29-12-10-27(2)11-13-29)36(42)26-41(46(3,44)45)34-16-14-33(15-17-34)38-22-30-18-31(23-38)20-32(19-30)24-38/h5-17,30-32,35H,4,18-26H2,1-3H3,(H,39,43)/t30?,31?,32?,35-,38?/m1/s1. The van der Waals surface area contributed by atoms with E-state index < -0.39 is 28.5 Å². The predicted molar refractivity (Wildman–Crippen MR) is 183 cm³/mol. The van der Waals surface area contributed by atoms with Gasteiger partial charge in [-0.15, -0.1) is 0 Å². The van der Waals surface area contributed by atoms with Crippen molar-refractivity contribution in [3.05, 3.63) is 101 Å². The van der Waals surface area contributed by atoms with Crippen LogP contribution in [0.2, 0.25) is 0 Å². The van der Waals surface area contributed by atoms with Crippen molar-refractivity contribution in [2.24, 2.45) is 17.8 Å². The molecule has 0 aliphatic heterocycles. The number of amides is 2. The Hall–Kier alpha value is -3.65. The quantitative estimate of drug-likeness (QED) is 0.263. The van der Waals surface area contributed by atoms with Gasteiger partial charge in [0.25, 0.3) is 0 Å². The maximum absolute atomic E-state index is 14.3. The Labute approximate surface area is 274 Å². The summed E-state index contributed by atoms with van der Waals surface area (Å²) < 4.78 is 27.7. The first kappa shape index (κ1) is 32.3. The van der Waals surface area contributed by atoms with Crippen molar-refractivity contribution < 1.29 is 18.0 Å². The highest BCUT2D eigenvalue weighted by Crippen LogP contribution is 2.60. The molecule has 3 aromatic rings. The summed E-state index contributed by atoms with van der Waals surface area (Å²) in [4.78, 5) is 29.4. The number of carbonyl (C=O) groups excluding carboxylic acids is 2. The molecular formula is C38H47N3O4S. The molecule has 2 amide bonds. The highest BCUT2D eigenvalue weighted by atomic mass is 32.2. The number of nitrogens with zero attached hydrogens (tertiary/aromatic N) is 2. The molecule has 0 unspecified atom stereocenters. The minimum atomic E-state index is -3.81. The highest BCUT2D eigenvalue weighted by Gasteiger charge is 2.51. The summed E-state index contributed by atoms with van der Waals surface area (Å²) in [6, 6.07) is 24.6. The summed E-state index contributed by atoms with van der Waals surface area (Å²) in [7, 11) is -3.81. The minimum Gasteiger partial charge on any atom is -0.355 e. The lowest BCUT2D eigenvalue weighted by molar-refractivity contribution is -0.140. The van der Waals surface area contributed by atoms with Crippen molar-refractivity contribution in [1.29, 1.82) is 0 Å². The van der Waals surface area contributed by atoms with Crippen LogP contribution in [0.25, 0.3) is 0 Å². The van der Waals surface area contributed by atoms with Crippen molar-refractivity contribution in [2.45, 2.75) is 76.8 Å². The van der Waals surface area contributed by atoms with Gasteiger partial charge in [0.2, 0.25) is 21.8 Å². The number of carbonyl (C=O) groups is 2. The van der Waals surface area contributed by atoms with E-state index in [1.807, 2.05) is 80.6 Å². The van der Waals surface area contributed by atoms with Crippen molar-refractivity contribution in [3.8, 4) is 0 Å². The van der Waals surface area contributed by atoms with Gasteiger partial charge in [0.05, 0.1) is 11.9 Å². The molecule has 4 saturated carbocycles. The molecule has 4 aliphatic carbocycles. The largest absolute Gasteiger partial charge is 0.355 e. The summed E-state index contributed by atoms with van der Waals surface area (Å²) in [5.41, 5.74) is 4.84. The maximum atomic E-state index is 14.3. The van der Waals surface area contributed by atoms with Gasteiger partial charge in [0.1, 0.15) is 12.6 Å². The van der Waals surface area contributed by atoms with Crippen LogP contribution < -0.4 is 9.62 Å². The van der Waals surface area contributed by atoms with Gasteiger partial charge in [-0.25, -0.2) is 8.42 Å².